The summed E-state index contributed by atoms with van der Waals surface area (Å²) in [5.74, 6) is 1.08. The molecule has 1 aliphatic carbocycles. The number of rotatable bonds is 4. The SMILES string of the molecule is Cc1cc(NCCC2(N)CCC2)n(C)n1. The van der Waals surface area contributed by atoms with E-state index in [1.807, 2.05) is 18.7 Å². The Kier molecular flexibility index (Phi) is 2.69. The van der Waals surface area contributed by atoms with Gasteiger partial charge in [0.1, 0.15) is 5.82 Å². The number of anilines is 1. The van der Waals surface area contributed by atoms with Crippen molar-refractivity contribution in [3.63, 3.8) is 0 Å². The molecule has 0 spiro atoms. The van der Waals surface area contributed by atoms with Crippen LogP contribution in [0, 0.1) is 6.92 Å². The fourth-order valence-electron chi connectivity index (χ4n) is 2.10. The van der Waals surface area contributed by atoms with Crippen molar-refractivity contribution in [3.05, 3.63) is 11.8 Å². The van der Waals surface area contributed by atoms with Crippen LogP contribution < -0.4 is 11.1 Å². The van der Waals surface area contributed by atoms with Crippen LogP contribution in [0.25, 0.3) is 0 Å². The summed E-state index contributed by atoms with van der Waals surface area (Å²) in [5.41, 5.74) is 7.31. The first-order chi connectivity index (χ1) is 7.09. The van der Waals surface area contributed by atoms with E-state index in [-0.39, 0.29) is 5.54 Å². The molecule has 2 rings (SSSR count). The maximum absolute atomic E-state index is 6.15. The Labute approximate surface area is 90.8 Å². The number of nitrogens with two attached hydrogens (primary N) is 1. The highest BCUT2D eigenvalue weighted by Crippen LogP contribution is 2.31. The topological polar surface area (TPSA) is 55.9 Å². The largest absolute Gasteiger partial charge is 0.370 e. The van der Waals surface area contributed by atoms with E-state index < -0.39 is 0 Å². The third-order valence-electron chi connectivity index (χ3n) is 3.28. The van der Waals surface area contributed by atoms with Gasteiger partial charge in [0.05, 0.1) is 5.69 Å². The molecule has 3 N–H and O–H groups in total. The van der Waals surface area contributed by atoms with Crippen molar-refractivity contribution in [1.82, 2.24) is 9.78 Å². The second-order valence-corrected chi connectivity index (χ2v) is 4.69. The molecule has 0 amide bonds. The molecule has 0 unspecified atom stereocenters. The Hall–Kier alpha value is -1.03. The lowest BCUT2D eigenvalue weighted by Crippen LogP contribution is -2.47. The second-order valence-electron chi connectivity index (χ2n) is 4.69. The minimum absolute atomic E-state index is 0.112. The lowest BCUT2D eigenvalue weighted by molar-refractivity contribution is 0.237. The molecule has 0 atom stereocenters. The van der Waals surface area contributed by atoms with Crippen LogP contribution in [0.3, 0.4) is 0 Å². The first-order valence-electron chi connectivity index (χ1n) is 5.62. The van der Waals surface area contributed by atoms with Crippen LogP contribution in [0.1, 0.15) is 31.4 Å². The van der Waals surface area contributed by atoms with Gasteiger partial charge in [0.2, 0.25) is 0 Å². The summed E-state index contributed by atoms with van der Waals surface area (Å²) >= 11 is 0. The summed E-state index contributed by atoms with van der Waals surface area (Å²) < 4.78 is 1.87. The Morgan fingerprint density at radius 3 is 2.80 bits per heavy atom. The van der Waals surface area contributed by atoms with Crippen LogP contribution in [0.5, 0.6) is 0 Å². The summed E-state index contributed by atoms with van der Waals surface area (Å²) in [6, 6.07) is 2.06. The van der Waals surface area contributed by atoms with E-state index in [1.165, 1.54) is 19.3 Å². The highest BCUT2D eigenvalue weighted by Gasteiger charge is 2.31. The van der Waals surface area contributed by atoms with E-state index in [9.17, 15) is 0 Å². The zero-order valence-electron chi connectivity index (χ0n) is 9.58. The Bertz CT molecular complexity index is 338. The van der Waals surface area contributed by atoms with Gasteiger partial charge in [0, 0.05) is 25.2 Å². The van der Waals surface area contributed by atoms with Crippen LogP contribution in [-0.2, 0) is 7.05 Å². The Balaban J connectivity index is 1.80. The quantitative estimate of drug-likeness (QED) is 0.786. The fourth-order valence-corrected chi connectivity index (χ4v) is 2.10. The van der Waals surface area contributed by atoms with Gasteiger partial charge in [0.25, 0.3) is 0 Å². The maximum atomic E-state index is 6.15. The Morgan fingerprint density at radius 1 is 1.60 bits per heavy atom. The fraction of sp³-hybridized carbons (Fsp3) is 0.727. The molecule has 4 nitrogen and oxygen atoms in total. The van der Waals surface area contributed by atoms with Crippen molar-refractivity contribution in [2.75, 3.05) is 11.9 Å². The molecular formula is C11H20N4. The van der Waals surface area contributed by atoms with Crippen molar-refractivity contribution in [1.29, 1.82) is 0 Å². The number of hydrogen-bond acceptors (Lipinski definition) is 3. The predicted molar refractivity (Wildman–Crippen MR) is 61.8 cm³/mol. The first kappa shape index (κ1) is 10.5. The van der Waals surface area contributed by atoms with Gasteiger partial charge >= 0.3 is 0 Å². The summed E-state index contributed by atoms with van der Waals surface area (Å²) in [6.45, 7) is 2.94. The molecule has 0 radical (unpaired) electrons. The number of aryl methyl sites for hydroxylation is 2. The van der Waals surface area contributed by atoms with E-state index in [4.69, 9.17) is 5.73 Å². The highest BCUT2D eigenvalue weighted by atomic mass is 15.3. The second kappa shape index (κ2) is 3.85. The average Bonchev–Trinajstić information content (AvgIpc) is 2.42. The standard InChI is InChI=1S/C11H20N4/c1-9-8-10(15(2)14-9)13-7-6-11(12)4-3-5-11/h8,13H,3-7,12H2,1-2H3. The summed E-state index contributed by atoms with van der Waals surface area (Å²) in [7, 11) is 1.96. The third-order valence-corrected chi connectivity index (χ3v) is 3.28. The summed E-state index contributed by atoms with van der Waals surface area (Å²) in [4.78, 5) is 0. The normalized spacial score (nSPS) is 18.6. The van der Waals surface area contributed by atoms with E-state index in [0.717, 1.165) is 24.5 Å². The van der Waals surface area contributed by atoms with Gasteiger partial charge in [-0.3, -0.25) is 4.68 Å². The molecule has 1 aromatic heterocycles. The third kappa shape index (κ3) is 2.31. The van der Waals surface area contributed by atoms with Gasteiger partial charge in [-0.15, -0.1) is 0 Å². The molecule has 1 aliphatic rings. The van der Waals surface area contributed by atoms with Crippen molar-refractivity contribution in [2.45, 2.75) is 38.1 Å². The van der Waals surface area contributed by atoms with Gasteiger partial charge in [-0.05, 0) is 32.6 Å². The van der Waals surface area contributed by atoms with Gasteiger partial charge in [-0.1, -0.05) is 0 Å². The highest BCUT2D eigenvalue weighted by molar-refractivity contribution is 5.36. The summed E-state index contributed by atoms with van der Waals surface area (Å²) in [6.07, 6.45) is 4.71. The average molecular weight is 208 g/mol. The van der Waals surface area contributed by atoms with Crippen LogP contribution in [-0.4, -0.2) is 21.9 Å². The van der Waals surface area contributed by atoms with E-state index >= 15 is 0 Å². The van der Waals surface area contributed by atoms with E-state index in [2.05, 4.69) is 16.5 Å². The van der Waals surface area contributed by atoms with Crippen molar-refractivity contribution in [2.24, 2.45) is 12.8 Å². The van der Waals surface area contributed by atoms with E-state index in [1.54, 1.807) is 0 Å². The number of hydrogen-bond donors (Lipinski definition) is 2. The first-order valence-corrected chi connectivity index (χ1v) is 5.62. The van der Waals surface area contributed by atoms with Crippen LogP contribution in [0.15, 0.2) is 6.07 Å². The van der Waals surface area contributed by atoms with E-state index in [0.29, 0.717) is 0 Å². The molecule has 1 heterocycles. The smallest absolute Gasteiger partial charge is 0.124 e. The number of nitrogens with zero attached hydrogens (tertiary/aromatic N) is 2. The monoisotopic (exact) mass is 208 g/mol. The lowest BCUT2D eigenvalue weighted by atomic mass is 9.75. The van der Waals surface area contributed by atoms with Crippen LogP contribution >= 0.6 is 0 Å². The summed E-state index contributed by atoms with van der Waals surface area (Å²) in [5, 5.41) is 7.66. The molecular weight excluding hydrogens is 188 g/mol. The minimum Gasteiger partial charge on any atom is -0.370 e. The number of aromatic nitrogens is 2. The predicted octanol–water partition coefficient (Wildman–Crippen LogP) is 1.41. The minimum atomic E-state index is 0.112. The zero-order chi connectivity index (χ0) is 10.9. The molecule has 0 aromatic carbocycles. The molecule has 1 fully saturated rings. The van der Waals surface area contributed by atoms with Crippen molar-refractivity contribution in [3.8, 4) is 0 Å². The molecule has 15 heavy (non-hydrogen) atoms. The molecule has 1 saturated carbocycles. The van der Waals surface area contributed by atoms with Crippen LogP contribution in [0.2, 0.25) is 0 Å². The molecule has 0 saturated heterocycles. The van der Waals surface area contributed by atoms with Crippen molar-refractivity contribution < 1.29 is 0 Å². The van der Waals surface area contributed by atoms with Gasteiger partial charge in [-0.2, -0.15) is 5.10 Å². The number of nitrogens with one attached hydrogen (secondary N) is 1. The van der Waals surface area contributed by atoms with Gasteiger partial charge in [0.15, 0.2) is 0 Å². The molecule has 0 aliphatic heterocycles. The van der Waals surface area contributed by atoms with Gasteiger partial charge < -0.3 is 11.1 Å². The molecule has 84 valence electrons. The molecule has 4 heteroatoms. The Morgan fingerprint density at radius 2 is 2.33 bits per heavy atom. The molecule has 0 bridgehead atoms. The maximum Gasteiger partial charge on any atom is 0.124 e. The van der Waals surface area contributed by atoms with Gasteiger partial charge in [-0.25, -0.2) is 0 Å². The van der Waals surface area contributed by atoms with Crippen LogP contribution in [0.4, 0.5) is 5.82 Å². The lowest BCUT2D eigenvalue weighted by Gasteiger charge is -2.38. The van der Waals surface area contributed by atoms with Crippen molar-refractivity contribution >= 4 is 5.82 Å². The zero-order valence-corrected chi connectivity index (χ0v) is 9.58. The molecule has 1 aromatic rings.